The molecule has 1 saturated carbocycles. The van der Waals surface area contributed by atoms with E-state index in [1.807, 2.05) is 42.5 Å². The van der Waals surface area contributed by atoms with E-state index in [0.717, 1.165) is 16.3 Å². The second-order valence-corrected chi connectivity index (χ2v) is 6.28. The first-order valence-electron chi connectivity index (χ1n) is 8.19. The first-order chi connectivity index (χ1) is 11.6. The number of ether oxygens (including phenoxy) is 1. The average Bonchev–Trinajstić information content (AvgIpc) is 3.37. The minimum Gasteiger partial charge on any atom is -0.481 e. The zero-order valence-corrected chi connectivity index (χ0v) is 13.4. The van der Waals surface area contributed by atoms with Crippen molar-refractivity contribution in [3.8, 4) is 0 Å². The van der Waals surface area contributed by atoms with Crippen molar-refractivity contribution >= 4 is 22.6 Å². The molecule has 24 heavy (non-hydrogen) atoms. The standard InChI is InChI=1S/C19H21NO4/c21-18(12-24-11-13-5-6-13)20-17(10-19(22)23)16-8-7-14-3-1-2-4-15(14)9-16/h1-4,7-9,13,17H,5-6,10-12H2,(H,20,21)(H,22,23)/t17-/m0/s1. The summed E-state index contributed by atoms with van der Waals surface area (Å²) in [4.78, 5) is 23.2. The third kappa shape index (κ3) is 4.55. The summed E-state index contributed by atoms with van der Waals surface area (Å²) in [5, 5.41) is 14.0. The second kappa shape index (κ2) is 7.45. The van der Waals surface area contributed by atoms with Crippen molar-refractivity contribution in [2.24, 2.45) is 5.92 Å². The van der Waals surface area contributed by atoms with Gasteiger partial charge in [-0.3, -0.25) is 9.59 Å². The van der Waals surface area contributed by atoms with Gasteiger partial charge in [0.1, 0.15) is 6.61 Å². The van der Waals surface area contributed by atoms with Gasteiger partial charge in [-0.15, -0.1) is 0 Å². The largest absolute Gasteiger partial charge is 0.481 e. The quantitative estimate of drug-likeness (QED) is 0.782. The summed E-state index contributed by atoms with van der Waals surface area (Å²) in [6.45, 7) is 0.577. The fourth-order valence-corrected chi connectivity index (χ4v) is 2.69. The Morgan fingerprint density at radius 2 is 1.92 bits per heavy atom. The van der Waals surface area contributed by atoms with Crippen molar-refractivity contribution in [2.45, 2.75) is 25.3 Å². The lowest BCUT2D eigenvalue weighted by Gasteiger charge is -2.18. The Morgan fingerprint density at radius 3 is 2.62 bits per heavy atom. The minimum absolute atomic E-state index is 0.0276. The predicted octanol–water partition coefficient (Wildman–Crippen LogP) is 2.90. The summed E-state index contributed by atoms with van der Waals surface area (Å²) >= 11 is 0. The van der Waals surface area contributed by atoms with Gasteiger partial charge in [-0.1, -0.05) is 36.4 Å². The maximum atomic E-state index is 12.0. The number of carboxylic acids is 1. The van der Waals surface area contributed by atoms with Gasteiger partial charge in [-0.2, -0.15) is 0 Å². The van der Waals surface area contributed by atoms with Crippen molar-refractivity contribution in [2.75, 3.05) is 13.2 Å². The summed E-state index contributed by atoms with van der Waals surface area (Å²) in [5.41, 5.74) is 0.784. The Hall–Kier alpha value is -2.40. The Balaban J connectivity index is 1.68. The van der Waals surface area contributed by atoms with E-state index in [1.54, 1.807) is 0 Å². The van der Waals surface area contributed by atoms with Gasteiger partial charge in [0.05, 0.1) is 19.1 Å². The van der Waals surface area contributed by atoms with E-state index in [1.165, 1.54) is 12.8 Å². The third-order valence-electron chi connectivity index (χ3n) is 4.17. The molecule has 5 nitrogen and oxygen atoms in total. The molecular weight excluding hydrogens is 306 g/mol. The van der Waals surface area contributed by atoms with Crippen LogP contribution in [0.5, 0.6) is 0 Å². The number of aliphatic carboxylic acids is 1. The lowest BCUT2D eigenvalue weighted by Crippen LogP contribution is -2.33. The van der Waals surface area contributed by atoms with E-state index >= 15 is 0 Å². The molecule has 2 N–H and O–H groups in total. The van der Waals surface area contributed by atoms with Gasteiger partial charge >= 0.3 is 5.97 Å². The monoisotopic (exact) mass is 327 g/mol. The molecule has 2 aromatic carbocycles. The van der Waals surface area contributed by atoms with Crippen LogP contribution in [-0.2, 0) is 14.3 Å². The SMILES string of the molecule is O=C(O)C[C@H](NC(=O)COCC1CC1)c1ccc2ccccc2c1. The third-order valence-corrected chi connectivity index (χ3v) is 4.17. The molecule has 5 heteroatoms. The molecule has 0 heterocycles. The molecule has 0 aromatic heterocycles. The molecule has 0 aliphatic heterocycles. The number of hydrogen-bond acceptors (Lipinski definition) is 3. The van der Waals surface area contributed by atoms with Gasteiger partial charge in [0.15, 0.2) is 0 Å². The minimum atomic E-state index is -0.952. The molecule has 3 rings (SSSR count). The topological polar surface area (TPSA) is 75.6 Å². The Labute approximate surface area is 140 Å². The normalized spacial score (nSPS) is 15.2. The predicted molar refractivity (Wildman–Crippen MR) is 90.6 cm³/mol. The molecule has 1 atom stereocenters. The van der Waals surface area contributed by atoms with Crippen LogP contribution in [0.1, 0.15) is 30.9 Å². The summed E-state index contributed by atoms with van der Waals surface area (Å²) < 4.78 is 5.37. The van der Waals surface area contributed by atoms with Crippen molar-refractivity contribution in [1.29, 1.82) is 0 Å². The lowest BCUT2D eigenvalue weighted by atomic mass is 9.99. The number of nitrogens with one attached hydrogen (secondary N) is 1. The zero-order chi connectivity index (χ0) is 16.9. The number of carbonyl (C=O) groups is 2. The molecule has 0 spiro atoms. The highest BCUT2D eigenvalue weighted by molar-refractivity contribution is 5.84. The van der Waals surface area contributed by atoms with Crippen LogP contribution in [0.25, 0.3) is 10.8 Å². The molecule has 0 bridgehead atoms. The average molecular weight is 327 g/mol. The van der Waals surface area contributed by atoms with Gasteiger partial charge in [0.25, 0.3) is 0 Å². The van der Waals surface area contributed by atoms with Crippen LogP contribution < -0.4 is 5.32 Å². The van der Waals surface area contributed by atoms with Crippen LogP contribution in [-0.4, -0.2) is 30.2 Å². The molecule has 126 valence electrons. The van der Waals surface area contributed by atoms with Gasteiger partial charge in [-0.05, 0) is 41.2 Å². The summed E-state index contributed by atoms with van der Waals surface area (Å²) in [7, 11) is 0. The van der Waals surface area contributed by atoms with E-state index in [-0.39, 0.29) is 18.9 Å². The number of rotatable bonds is 8. The first kappa shape index (κ1) is 16.5. The van der Waals surface area contributed by atoms with Crippen molar-refractivity contribution in [3.63, 3.8) is 0 Å². The Morgan fingerprint density at radius 1 is 1.17 bits per heavy atom. The summed E-state index contributed by atoms with van der Waals surface area (Å²) in [6, 6.07) is 13.0. The molecule has 1 aliphatic rings. The van der Waals surface area contributed by atoms with Crippen LogP contribution in [0, 0.1) is 5.92 Å². The molecule has 2 aromatic rings. The van der Waals surface area contributed by atoms with Crippen molar-refractivity contribution in [1.82, 2.24) is 5.32 Å². The number of fused-ring (bicyclic) bond motifs is 1. The van der Waals surface area contributed by atoms with Crippen molar-refractivity contribution in [3.05, 3.63) is 48.0 Å². The number of carboxylic acid groups (broad SMARTS) is 1. The fraction of sp³-hybridized carbons (Fsp3) is 0.368. The van der Waals surface area contributed by atoms with E-state index in [9.17, 15) is 9.59 Å². The number of carbonyl (C=O) groups excluding carboxylic acids is 1. The van der Waals surface area contributed by atoms with Gasteiger partial charge < -0.3 is 15.2 Å². The van der Waals surface area contributed by atoms with E-state index < -0.39 is 12.0 Å². The number of benzene rings is 2. The van der Waals surface area contributed by atoms with E-state index in [4.69, 9.17) is 9.84 Å². The molecule has 1 amide bonds. The highest BCUT2D eigenvalue weighted by Gasteiger charge is 2.22. The molecule has 0 radical (unpaired) electrons. The fourth-order valence-electron chi connectivity index (χ4n) is 2.69. The van der Waals surface area contributed by atoms with Crippen LogP contribution in [0.15, 0.2) is 42.5 Å². The number of amides is 1. The molecule has 1 aliphatic carbocycles. The van der Waals surface area contributed by atoms with Crippen molar-refractivity contribution < 1.29 is 19.4 Å². The van der Waals surface area contributed by atoms with Crippen LogP contribution in [0.2, 0.25) is 0 Å². The Kier molecular flexibility index (Phi) is 5.11. The summed E-state index contributed by atoms with van der Waals surface area (Å²) in [5.74, 6) is -0.643. The Bertz CT molecular complexity index is 739. The highest BCUT2D eigenvalue weighted by atomic mass is 16.5. The summed E-state index contributed by atoms with van der Waals surface area (Å²) in [6.07, 6.45) is 2.17. The highest BCUT2D eigenvalue weighted by Crippen LogP contribution is 2.28. The van der Waals surface area contributed by atoms with Gasteiger partial charge in [0.2, 0.25) is 5.91 Å². The molecular formula is C19H21NO4. The van der Waals surface area contributed by atoms with Crippen LogP contribution in [0.3, 0.4) is 0 Å². The van der Waals surface area contributed by atoms with Gasteiger partial charge in [-0.25, -0.2) is 0 Å². The molecule has 1 fully saturated rings. The van der Waals surface area contributed by atoms with Crippen LogP contribution in [0.4, 0.5) is 0 Å². The van der Waals surface area contributed by atoms with Crippen LogP contribution >= 0.6 is 0 Å². The van der Waals surface area contributed by atoms with E-state index in [0.29, 0.717) is 12.5 Å². The second-order valence-electron chi connectivity index (χ2n) is 6.28. The molecule has 0 unspecified atom stereocenters. The van der Waals surface area contributed by atoms with E-state index in [2.05, 4.69) is 5.32 Å². The smallest absolute Gasteiger partial charge is 0.305 e. The zero-order valence-electron chi connectivity index (χ0n) is 13.4. The maximum Gasteiger partial charge on any atom is 0.305 e. The lowest BCUT2D eigenvalue weighted by molar-refractivity contribution is -0.138. The molecule has 0 saturated heterocycles. The maximum absolute atomic E-state index is 12.0. The number of hydrogen-bond donors (Lipinski definition) is 2. The van der Waals surface area contributed by atoms with Gasteiger partial charge in [0, 0.05) is 0 Å². The first-order valence-corrected chi connectivity index (χ1v) is 8.19.